The number of anilines is 2. The van der Waals surface area contributed by atoms with Crippen LogP contribution in [0.1, 0.15) is 6.92 Å². The lowest BCUT2D eigenvalue weighted by Gasteiger charge is -2.26. The van der Waals surface area contributed by atoms with Crippen LogP contribution in [0.15, 0.2) is 194 Å². The molecular formula is C47H35FN2. The lowest BCUT2D eigenvalue weighted by atomic mass is 9.98. The first kappa shape index (κ1) is 30.9. The summed E-state index contributed by atoms with van der Waals surface area (Å²) in [5.41, 5.74) is 10.8. The molecule has 0 atom stereocenters. The first-order chi connectivity index (χ1) is 24.6. The van der Waals surface area contributed by atoms with E-state index in [1.165, 1.54) is 44.7 Å². The molecule has 0 N–H and O–H groups in total. The molecule has 0 saturated heterocycles. The summed E-state index contributed by atoms with van der Waals surface area (Å²) in [5, 5.41) is 4.96. The van der Waals surface area contributed by atoms with Crippen molar-refractivity contribution in [2.24, 2.45) is 0 Å². The van der Waals surface area contributed by atoms with Crippen LogP contribution >= 0.6 is 0 Å². The van der Waals surface area contributed by atoms with E-state index in [0.717, 1.165) is 45.0 Å². The average Bonchev–Trinajstić information content (AvgIpc) is 3.52. The minimum absolute atomic E-state index is 0.268. The minimum Gasteiger partial charge on any atom is -0.311 e. The van der Waals surface area contributed by atoms with Crippen LogP contribution < -0.4 is 4.90 Å². The summed E-state index contributed by atoms with van der Waals surface area (Å²) in [4.78, 5) is 2.08. The molecule has 0 unspecified atom stereocenters. The Morgan fingerprint density at radius 3 is 1.98 bits per heavy atom. The predicted molar refractivity (Wildman–Crippen MR) is 211 cm³/mol. The van der Waals surface area contributed by atoms with Crippen molar-refractivity contribution in [3.63, 3.8) is 0 Å². The van der Waals surface area contributed by atoms with Crippen LogP contribution in [-0.4, -0.2) is 4.57 Å². The van der Waals surface area contributed by atoms with Crippen molar-refractivity contribution in [1.29, 1.82) is 0 Å². The van der Waals surface area contributed by atoms with Gasteiger partial charge < -0.3 is 9.47 Å². The Balaban J connectivity index is 1.21. The van der Waals surface area contributed by atoms with Gasteiger partial charge in [-0.1, -0.05) is 116 Å². The number of aromatic nitrogens is 1. The van der Waals surface area contributed by atoms with E-state index in [9.17, 15) is 4.39 Å². The van der Waals surface area contributed by atoms with Gasteiger partial charge in [-0.3, -0.25) is 0 Å². The number of halogens is 1. The number of fused-ring (bicyclic) bond motifs is 5. The Bertz CT molecular complexity index is 2550. The molecule has 0 saturated carbocycles. The van der Waals surface area contributed by atoms with Gasteiger partial charge in [0.2, 0.25) is 0 Å². The molecule has 50 heavy (non-hydrogen) atoms. The Kier molecular flexibility index (Phi) is 8.16. The Hall–Kier alpha value is -6.45. The van der Waals surface area contributed by atoms with Crippen LogP contribution in [0.2, 0.25) is 0 Å². The van der Waals surface area contributed by atoms with Crippen molar-refractivity contribution in [2.75, 3.05) is 4.90 Å². The van der Waals surface area contributed by atoms with Crippen molar-refractivity contribution < 1.29 is 4.39 Å². The summed E-state index contributed by atoms with van der Waals surface area (Å²) >= 11 is 0. The fourth-order valence-corrected chi connectivity index (χ4v) is 6.95. The van der Waals surface area contributed by atoms with Crippen molar-refractivity contribution in [2.45, 2.75) is 6.92 Å². The standard InChI is InChI=1S/C47H35FN2/c1-3-5-15-39(4-2)49(42-27-23-38(48)24-28-42)41-25-19-33(20-26-41)35-13-11-14-36(31-35)37-22-29-44-45-30-21-34-12-9-10-18-43(34)47(45)50(46(44)32-37)40-16-7-6-8-17-40/h3-32H,2H2,1H3/b5-3-,39-15+. The Morgan fingerprint density at radius 1 is 0.600 bits per heavy atom. The van der Waals surface area contributed by atoms with Gasteiger partial charge in [0.25, 0.3) is 0 Å². The molecule has 8 aromatic rings. The third-order valence-electron chi connectivity index (χ3n) is 9.33. The fraction of sp³-hybridized carbons (Fsp3) is 0.0213. The smallest absolute Gasteiger partial charge is 0.123 e. The van der Waals surface area contributed by atoms with E-state index in [1.807, 2.05) is 31.2 Å². The average molecular weight is 647 g/mol. The summed E-state index contributed by atoms with van der Waals surface area (Å²) in [6.45, 7) is 6.03. The van der Waals surface area contributed by atoms with Gasteiger partial charge in [-0.2, -0.15) is 0 Å². The molecule has 0 spiro atoms. The summed E-state index contributed by atoms with van der Waals surface area (Å²) in [6, 6.07) is 54.4. The van der Waals surface area contributed by atoms with E-state index in [1.54, 1.807) is 12.1 Å². The Labute approximate surface area is 292 Å². The second-order valence-corrected chi connectivity index (χ2v) is 12.3. The lowest BCUT2D eigenvalue weighted by Crippen LogP contribution is -2.15. The zero-order valence-corrected chi connectivity index (χ0v) is 27.8. The van der Waals surface area contributed by atoms with Crippen molar-refractivity contribution in [1.82, 2.24) is 4.57 Å². The molecule has 1 heterocycles. The molecular weight excluding hydrogens is 612 g/mol. The van der Waals surface area contributed by atoms with E-state index < -0.39 is 0 Å². The molecule has 3 heteroatoms. The van der Waals surface area contributed by atoms with Crippen LogP contribution in [0.5, 0.6) is 0 Å². The van der Waals surface area contributed by atoms with Gasteiger partial charge in [-0.15, -0.1) is 0 Å². The van der Waals surface area contributed by atoms with Crippen LogP contribution in [0.25, 0.3) is 60.5 Å². The maximum Gasteiger partial charge on any atom is 0.123 e. The van der Waals surface area contributed by atoms with E-state index in [0.29, 0.717) is 0 Å². The minimum atomic E-state index is -0.268. The van der Waals surface area contributed by atoms with Gasteiger partial charge in [0.1, 0.15) is 5.82 Å². The molecule has 0 aliphatic heterocycles. The van der Waals surface area contributed by atoms with E-state index in [4.69, 9.17) is 0 Å². The molecule has 0 radical (unpaired) electrons. The molecule has 7 aromatic carbocycles. The largest absolute Gasteiger partial charge is 0.311 e. The summed E-state index contributed by atoms with van der Waals surface area (Å²) < 4.78 is 16.3. The molecule has 2 nitrogen and oxygen atoms in total. The number of allylic oxidation sites excluding steroid dienone is 4. The van der Waals surface area contributed by atoms with Gasteiger partial charge in [-0.25, -0.2) is 4.39 Å². The zero-order chi connectivity index (χ0) is 34.0. The maximum atomic E-state index is 13.8. The number of hydrogen-bond acceptors (Lipinski definition) is 1. The molecule has 0 aliphatic rings. The van der Waals surface area contributed by atoms with Gasteiger partial charge in [0, 0.05) is 38.9 Å². The molecule has 0 aliphatic carbocycles. The van der Waals surface area contributed by atoms with Gasteiger partial charge in [0.05, 0.1) is 11.0 Å². The number of rotatable bonds is 8. The first-order valence-corrected chi connectivity index (χ1v) is 16.9. The quantitative estimate of drug-likeness (QED) is 0.149. The highest BCUT2D eigenvalue weighted by Crippen LogP contribution is 2.39. The highest BCUT2D eigenvalue weighted by atomic mass is 19.1. The predicted octanol–water partition coefficient (Wildman–Crippen LogP) is 13.2. The third-order valence-corrected chi connectivity index (χ3v) is 9.33. The van der Waals surface area contributed by atoms with E-state index in [2.05, 4.69) is 150 Å². The second-order valence-electron chi connectivity index (χ2n) is 12.3. The number of benzene rings is 7. The van der Waals surface area contributed by atoms with Crippen molar-refractivity contribution >= 4 is 44.0 Å². The highest BCUT2D eigenvalue weighted by Gasteiger charge is 2.17. The molecule has 0 bridgehead atoms. The molecule has 8 rings (SSSR count). The lowest BCUT2D eigenvalue weighted by molar-refractivity contribution is 0.628. The summed E-state index contributed by atoms with van der Waals surface area (Å²) in [6.07, 6.45) is 7.78. The first-order valence-electron chi connectivity index (χ1n) is 16.9. The van der Waals surface area contributed by atoms with Gasteiger partial charge in [0.15, 0.2) is 0 Å². The monoisotopic (exact) mass is 646 g/mol. The molecule has 0 amide bonds. The molecule has 1 aromatic heterocycles. The maximum absolute atomic E-state index is 13.8. The normalized spacial score (nSPS) is 11.9. The van der Waals surface area contributed by atoms with Crippen molar-refractivity contribution in [3.05, 3.63) is 200 Å². The van der Waals surface area contributed by atoms with Crippen LogP contribution in [-0.2, 0) is 0 Å². The van der Waals surface area contributed by atoms with Gasteiger partial charge in [-0.05, 0) is 107 Å². The number of nitrogens with zero attached hydrogens (tertiary/aromatic N) is 2. The van der Waals surface area contributed by atoms with Gasteiger partial charge >= 0.3 is 0 Å². The summed E-state index contributed by atoms with van der Waals surface area (Å²) in [5.74, 6) is -0.268. The topological polar surface area (TPSA) is 8.17 Å². The van der Waals surface area contributed by atoms with E-state index >= 15 is 0 Å². The highest BCUT2D eigenvalue weighted by molar-refractivity contribution is 6.19. The Morgan fingerprint density at radius 2 is 1.24 bits per heavy atom. The van der Waals surface area contributed by atoms with Crippen molar-refractivity contribution in [3.8, 4) is 27.9 Å². The fourth-order valence-electron chi connectivity index (χ4n) is 6.95. The van der Waals surface area contributed by atoms with E-state index in [-0.39, 0.29) is 5.82 Å². The number of hydrogen-bond donors (Lipinski definition) is 0. The summed E-state index contributed by atoms with van der Waals surface area (Å²) in [7, 11) is 0. The van der Waals surface area contributed by atoms with Crippen LogP contribution in [0, 0.1) is 5.82 Å². The van der Waals surface area contributed by atoms with Crippen LogP contribution in [0.3, 0.4) is 0 Å². The number of para-hydroxylation sites is 1. The molecule has 0 fully saturated rings. The third kappa shape index (κ3) is 5.59. The zero-order valence-electron chi connectivity index (χ0n) is 27.8. The SMILES string of the molecule is C=C/C(=C\C=C/C)N(c1ccc(F)cc1)c1ccc(-c2cccc(-c3ccc4c5ccc6ccccc6c5n(-c5ccccc5)c4c3)c2)cc1. The second kappa shape index (κ2) is 13.2. The molecule has 240 valence electrons. The van der Waals surface area contributed by atoms with Crippen LogP contribution in [0.4, 0.5) is 15.8 Å².